The number of nitrogens with two attached hydrogens (primary N) is 1. The van der Waals surface area contributed by atoms with Crippen LogP contribution in [-0.2, 0) is 29.0 Å². The van der Waals surface area contributed by atoms with Crippen molar-refractivity contribution in [1.29, 1.82) is 0 Å². The summed E-state index contributed by atoms with van der Waals surface area (Å²) >= 11 is 0. The molecule has 2 amide bonds. The van der Waals surface area contributed by atoms with Crippen molar-refractivity contribution in [1.82, 2.24) is 10.6 Å². The molecule has 1 unspecified atom stereocenters. The van der Waals surface area contributed by atoms with Gasteiger partial charge in [-0.25, -0.2) is 8.78 Å². The fourth-order valence-corrected chi connectivity index (χ4v) is 4.95. The Bertz CT molecular complexity index is 1210. The zero-order valence-electron chi connectivity index (χ0n) is 21.6. The number of amides is 2. The van der Waals surface area contributed by atoms with Gasteiger partial charge in [-0.3, -0.25) is 9.59 Å². The van der Waals surface area contributed by atoms with Gasteiger partial charge in [-0.05, 0) is 61.1 Å². The van der Waals surface area contributed by atoms with Crippen LogP contribution in [0, 0.1) is 23.0 Å². The number of nitrogens with one attached hydrogen (secondary N) is 2. The summed E-state index contributed by atoms with van der Waals surface area (Å²) < 4.78 is 28.0. The molecular weight excluding hydrogens is 492 g/mol. The van der Waals surface area contributed by atoms with Crippen LogP contribution in [0.4, 0.5) is 8.78 Å². The number of likely N-dealkylation sites (N-methyl/N-ethyl adjacent to an activating group) is 1. The second-order valence-electron chi connectivity index (χ2n) is 9.60. The third-order valence-corrected chi connectivity index (χ3v) is 6.97. The number of allylic oxidation sites excluding steroid dienone is 1. The summed E-state index contributed by atoms with van der Waals surface area (Å²) in [6, 6.07) is 11.0. The lowest BCUT2D eigenvalue weighted by atomic mass is 9.64. The molecule has 3 rings (SSSR count). The first-order valence-corrected chi connectivity index (χ1v) is 12.7. The molecular formula is C29H35F2N3O4. The van der Waals surface area contributed by atoms with Crippen LogP contribution < -0.4 is 16.4 Å². The van der Waals surface area contributed by atoms with E-state index in [1.807, 2.05) is 24.3 Å². The second-order valence-corrected chi connectivity index (χ2v) is 9.60. The Balaban J connectivity index is 1.93. The van der Waals surface area contributed by atoms with Crippen molar-refractivity contribution < 1.29 is 28.6 Å². The van der Waals surface area contributed by atoms with Crippen LogP contribution in [0.3, 0.4) is 0 Å². The summed E-state index contributed by atoms with van der Waals surface area (Å²) in [4.78, 5) is 25.7. The molecule has 0 radical (unpaired) electrons. The average Bonchev–Trinajstić information content (AvgIpc) is 2.87. The van der Waals surface area contributed by atoms with E-state index in [1.54, 1.807) is 6.92 Å². The van der Waals surface area contributed by atoms with Crippen molar-refractivity contribution in [2.75, 3.05) is 13.1 Å². The number of aryl methyl sites for hydroxylation is 1. The molecule has 204 valence electrons. The third kappa shape index (κ3) is 6.85. The molecule has 0 saturated carbocycles. The first kappa shape index (κ1) is 29.0. The number of hydrogen-bond acceptors (Lipinski definition) is 5. The normalized spacial score (nSPS) is 18.8. The fourth-order valence-electron chi connectivity index (χ4n) is 4.95. The summed E-state index contributed by atoms with van der Waals surface area (Å²) in [5.41, 5.74) is 6.61. The largest absolute Gasteiger partial charge is 0.507 e. The maximum absolute atomic E-state index is 14.0. The molecule has 9 heteroatoms. The highest BCUT2D eigenvalue weighted by atomic mass is 19.1. The van der Waals surface area contributed by atoms with Crippen LogP contribution >= 0.6 is 0 Å². The van der Waals surface area contributed by atoms with Gasteiger partial charge in [0.25, 0.3) is 5.91 Å². The zero-order chi connectivity index (χ0) is 27.9. The number of benzene rings is 2. The predicted octanol–water partition coefficient (Wildman–Crippen LogP) is 3.22. The topological polar surface area (TPSA) is 125 Å². The highest BCUT2D eigenvalue weighted by Gasteiger charge is 2.48. The third-order valence-electron chi connectivity index (χ3n) is 6.97. The monoisotopic (exact) mass is 527 g/mol. The molecule has 1 aliphatic rings. The summed E-state index contributed by atoms with van der Waals surface area (Å²) in [7, 11) is 0. The van der Waals surface area contributed by atoms with Gasteiger partial charge < -0.3 is 26.6 Å². The molecule has 0 saturated heterocycles. The van der Waals surface area contributed by atoms with E-state index in [2.05, 4.69) is 17.6 Å². The van der Waals surface area contributed by atoms with Crippen LogP contribution in [0.15, 0.2) is 65.9 Å². The molecule has 38 heavy (non-hydrogen) atoms. The van der Waals surface area contributed by atoms with Crippen LogP contribution in [0.1, 0.15) is 37.0 Å². The lowest BCUT2D eigenvalue weighted by molar-refractivity contribution is -0.131. The number of carbonyl (C=O) groups is 2. The Kier molecular flexibility index (Phi) is 9.77. The van der Waals surface area contributed by atoms with Crippen LogP contribution in [0.2, 0.25) is 0 Å². The van der Waals surface area contributed by atoms with Gasteiger partial charge in [0, 0.05) is 31.6 Å². The van der Waals surface area contributed by atoms with Crippen molar-refractivity contribution in [3.63, 3.8) is 0 Å². The SMILES string of the molecule is CCNC(=O)C1=C(O)C=CC(C(N)=O)([C@H](Cc2cc(F)cc(F)c2)[C@@H](O)CNCc2cccc(CC)c2)C1. The molecule has 0 bridgehead atoms. The summed E-state index contributed by atoms with van der Waals surface area (Å²) in [6.45, 7) is 4.53. The van der Waals surface area contributed by atoms with Crippen LogP contribution in [0.25, 0.3) is 0 Å². The molecule has 2 aromatic rings. The van der Waals surface area contributed by atoms with Crippen molar-refractivity contribution >= 4 is 11.8 Å². The van der Waals surface area contributed by atoms with Crippen molar-refractivity contribution in [3.8, 4) is 0 Å². The highest BCUT2D eigenvalue weighted by Crippen LogP contribution is 2.43. The molecule has 0 spiro atoms. The Morgan fingerprint density at radius 2 is 1.76 bits per heavy atom. The van der Waals surface area contributed by atoms with Gasteiger partial charge in [-0.1, -0.05) is 37.3 Å². The van der Waals surface area contributed by atoms with E-state index in [9.17, 15) is 28.6 Å². The molecule has 0 fully saturated rings. The van der Waals surface area contributed by atoms with Gasteiger partial charge in [-0.15, -0.1) is 0 Å². The number of carbonyl (C=O) groups excluding carboxylic acids is 2. The van der Waals surface area contributed by atoms with Gasteiger partial charge in [0.2, 0.25) is 5.91 Å². The minimum absolute atomic E-state index is 0.0356. The van der Waals surface area contributed by atoms with E-state index < -0.39 is 40.9 Å². The summed E-state index contributed by atoms with van der Waals surface area (Å²) in [6.07, 6.45) is 1.87. The van der Waals surface area contributed by atoms with Crippen molar-refractivity contribution in [3.05, 3.63) is 94.3 Å². The number of primary amides is 1. The highest BCUT2D eigenvalue weighted by molar-refractivity contribution is 5.97. The molecule has 3 atom stereocenters. The summed E-state index contributed by atoms with van der Waals surface area (Å²) in [5.74, 6) is -4.29. The van der Waals surface area contributed by atoms with Gasteiger partial charge in [0.1, 0.15) is 17.4 Å². The van der Waals surface area contributed by atoms with E-state index >= 15 is 0 Å². The lowest BCUT2D eigenvalue weighted by Crippen LogP contribution is -2.51. The van der Waals surface area contributed by atoms with Gasteiger partial charge >= 0.3 is 0 Å². The number of aliphatic hydroxyl groups is 2. The quantitative estimate of drug-likeness (QED) is 0.290. The Morgan fingerprint density at radius 3 is 2.39 bits per heavy atom. The second kappa shape index (κ2) is 12.8. The van der Waals surface area contributed by atoms with Gasteiger partial charge in [0.15, 0.2) is 0 Å². The summed E-state index contributed by atoms with van der Waals surface area (Å²) in [5, 5.41) is 27.5. The lowest BCUT2D eigenvalue weighted by Gasteiger charge is -2.41. The van der Waals surface area contributed by atoms with E-state index in [0.717, 1.165) is 30.2 Å². The number of halogens is 2. The maximum atomic E-state index is 14.0. The molecule has 1 aliphatic carbocycles. The Hall–Kier alpha value is -3.56. The smallest absolute Gasteiger partial charge is 0.250 e. The minimum atomic E-state index is -1.61. The number of hydrogen-bond donors (Lipinski definition) is 5. The maximum Gasteiger partial charge on any atom is 0.250 e. The Labute approximate surface area is 221 Å². The van der Waals surface area contributed by atoms with Crippen LogP contribution in [-0.4, -0.2) is 41.2 Å². The van der Waals surface area contributed by atoms with E-state index in [4.69, 9.17) is 5.73 Å². The zero-order valence-corrected chi connectivity index (χ0v) is 21.6. The average molecular weight is 528 g/mol. The molecule has 0 aliphatic heterocycles. The number of rotatable bonds is 12. The molecule has 0 aromatic heterocycles. The van der Waals surface area contributed by atoms with E-state index in [0.29, 0.717) is 13.1 Å². The fraction of sp³-hybridized carbons (Fsp3) is 0.379. The minimum Gasteiger partial charge on any atom is -0.507 e. The first-order valence-electron chi connectivity index (χ1n) is 12.7. The van der Waals surface area contributed by atoms with Gasteiger partial charge in [0.05, 0.1) is 17.1 Å². The van der Waals surface area contributed by atoms with Crippen LogP contribution in [0.5, 0.6) is 0 Å². The van der Waals surface area contributed by atoms with Crippen molar-refractivity contribution in [2.24, 2.45) is 17.1 Å². The Morgan fingerprint density at radius 1 is 1.08 bits per heavy atom. The first-order chi connectivity index (χ1) is 18.1. The van der Waals surface area contributed by atoms with Crippen molar-refractivity contribution in [2.45, 2.75) is 45.8 Å². The van der Waals surface area contributed by atoms with E-state index in [1.165, 1.54) is 17.7 Å². The molecule has 6 N–H and O–H groups in total. The molecule has 2 aromatic carbocycles. The standard InChI is InChI=1S/C29H35F2N3O4/c1-3-18-6-5-7-19(10-18)16-33-17-26(36)24(13-20-11-21(30)14-22(31)12-20)29(28(32)38)9-8-25(35)23(15-29)27(37)34-4-2/h5-12,14,24,26,33,35-36H,3-4,13,15-17H2,1-2H3,(H2,32,38)(H,34,37)/t24-,26+,29?/m1/s1. The number of aliphatic hydroxyl groups excluding tert-OH is 2. The molecule has 0 heterocycles. The predicted molar refractivity (Wildman–Crippen MR) is 141 cm³/mol. The van der Waals surface area contributed by atoms with E-state index in [-0.39, 0.29) is 36.3 Å². The van der Waals surface area contributed by atoms with Gasteiger partial charge in [-0.2, -0.15) is 0 Å². The molecule has 7 nitrogen and oxygen atoms in total.